The van der Waals surface area contributed by atoms with E-state index < -0.39 is 10.0 Å². The minimum atomic E-state index is -3.28. The molecule has 118 valence electrons. The van der Waals surface area contributed by atoms with Crippen molar-refractivity contribution < 1.29 is 13.2 Å². The van der Waals surface area contributed by atoms with E-state index in [1.54, 1.807) is 4.31 Å². The van der Waals surface area contributed by atoms with Crippen molar-refractivity contribution in [2.24, 2.45) is 5.92 Å². The zero-order valence-electron chi connectivity index (χ0n) is 12.5. The highest BCUT2D eigenvalue weighted by molar-refractivity contribution is 9.10. The highest BCUT2D eigenvalue weighted by atomic mass is 79.9. The van der Waals surface area contributed by atoms with Crippen molar-refractivity contribution in [2.75, 3.05) is 19.0 Å². The van der Waals surface area contributed by atoms with E-state index in [-0.39, 0.29) is 24.3 Å². The minimum Gasteiger partial charge on any atom is -0.379 e. The number of hydrogen-bond donors (Lipinski definition) is 0. The summed E-state index contributed by atoms with van der Waals surface area (Å²) in [5, 5.41) is 0. The van der Waals surface area contributed by atoms with Gasteiger partial charge in [0.1, 0.15) is 0 Å². The summed E-state index contributed by atoms with van der Waals surface area (Å²) in [5.74, 6) is 0.338. The maximum Gasteiger partial charge on any atom is 0.217 e. The molecule has 0 saturated carbocycles. The summed E-state index contributed by atoms with van der Waals surface area (Å²) in [7, 11) is -3.28. The van der Waals surface area contributed by atoms with Crippen LogP contribution >= 0.6 is 15.9 Å². The van der Waals surface area contributed by atoms with Crippen LogP contribution in [-0.4, -0.2) is 37.7 Å². The van der Waals surface area contributed by atoms with Crippen LogP contribution in [0.15, 0.2) is 28.7 Å². The first-order valence-electron chi connectivity index (χ1n) is 7.25. The van der Waals surface area contributed by atoms with Crippen molar-refractivity contribution in [1.29, 1.82) is 0 Å². The maximum absolute atomic E-state index is 12.5. The summed E-state index contributed by atoms with van der Waals surface area (Å²) in [6.45, 7) is 5.34. The third-order valence-electron chi connectivity index (χ3n) is 4.05. The van der Waals surface area contributed by atoms with Crippen LogP contribution < -0.4 is 0 Å². The van der Waals surface area contributed by atoms with Gasteiger partial charge in [0.15, 0.2) is 0 Å². The molecule has 0 amide bonds. The zero-order valence-corrected chi connectivity index (χ0v) is 14.9. The fraction of sp³-hybridized carbons (Fsp3) is 0.600. The Morgan fingerprint density at radius 1 is 1.38 bits per heavy atom. The molecular weight excluding hydrogens is 354 g/mol. The predicted molar refractivity (Wildman–Crippen MR) is 87.5 cm³/mol. The first-order valence-corrected chi connectivity index (χ1v) is 9.66. The number of sulfonamides is 1. The van der Waals surface area contributed by atoms with Gasteiger partial charge < -0.3 is 4.74 Å². The third kappa shape index (κ3) is 4.28. The van der Waals surface area contributed by atoms with Gasteiger partial charge in [-0.2, -0.15) is 4.31 Å². The zero-order chi connectivity index (χ0) is 15.5. The van der Waals surface area contributed by atoms with Crippen molar-refractivity contribution in [3.63, 3.8) is 0 Å². The second-order valence-electron chi connectivity index (χ2n) is 5.52. The Balaban J connectivity index is 2.29. The van der Waals surface area contributed by atoms with Crippen molar-refractivity contribution in [3.05, 3.63) is 34.3 Å². The van der Waals surface area contributed by atoms with E-state index in [0.29, 0.717) is 13.2 Å². The van der Waals surface area contributed by atoms with Gasteiger partial charge in [-0.05, 0) is 23.6 Å². The highest BCUT2D eigenvalue weighted by Crippen LogP contribution is 2.24. The lowest BCUT2D eigenvalue weighted by molar-refractivity contribution is 0.0854. The first-order chi connectivity index (χ1) is 9.94. The fourth-order valence-electron chi connectivity index (χ4n) is 2.48. The third-order valence-corrected chi connectivity index (χ3v) is 6.38. The lowest BCUT2D eigenvalue weighted by Crippen LogP contribution is -2.44. The average Bonchev–Trinajstić information content (AvgIpc) is 2.60. The minimum absolute atomic E-state index is 0.0659. The average molecular weight is 376 g/mol. The first kappa shape index (κ1) is 16.9. The lowest BCUT2D eigenvalue weighted by atomic mass is 9.99. The Labute approximate surface area is 135 Å². The number of benzene rings is 1. The molecule has 1 aromatic rings. The van der Waals surface area contributed by atoms with Gasteiger partial charge in [-0.1, -0.05) is 48.3 Å². The Hall–Kier alpha value is -0.430. The number of rotatable bonds is 4. The van der Waals surface area contributed by atoms with E-state index in [1.165, 1.54) is 0 Å². The molecule has 1 fully saturated rings. The van der Waals surface area contributed by atoms with Crippen LogP contribution in [0.2, 0.25) is 0 Å². The Bertz CT molecular complexity index is 559. The number of ether oxygens (including phenoxy) is 1. The molecule has 0 bridgehead atoms. The predicted octanol–water partition coefficient (Wildman–Crippen LogP) is 3.03. The van der Waals surface area contributed by atoms with Crippen LogP contribution in [0.3, 0.4) is 0 Å². The van der Waals surface area contributed by atoms with Crippen LogP contribution in [0.5, 0.6) is 0 Å². The molecule has 0 radical (unpaired) electrons. The Morgan fingerprint density at radius 2 is 2.05 bits per heavy atom. The van der Waals surface area contributed by atoms with Gasteiger partial charge in [0.25, 0.3) is 0 Å². The van der Waals surface area contributed by atoms with Crippen LogP contribution in [0.4, 0.5) is 0 Å². The molecule has 1 saturated heterocycles. The molecule has 0 spiro atoms. The molecule has 0 aliphatic carbocycles. The number of hydrogen-bond acceptors (Lipinski definition) is 3. The van der Waals surface area contributed by atoms with Gasteiger partial charge >= 0.3 is 0 Å². The smallest absolute Gasteiger partial charge is 0.217 e. The Morgan fingerprint density at radius 3 is 2.67 bits per heavy atom. The lowest BCUT2D eigenvalue weighted by Gasteiger charge is -2.32. The van der Waals surface area contributed by atoms with Crippen molar-refractivity contribution in [1.82, 2.24) is 4.31 Å². The molecule has 2 atom stereocenters. The molecular formula is C15H22BrNO3S. The van der Waals surface area contributed by atoms with Crippen molar-refractivity contribution >= 4 is 26.0 Å². The molecule has 0 aromatic heterocycles. The molecule has 1 aromatic carbocycles. The van der Waals surface area contributed by atoms with E-state index in [9.17, 15) is 8.42 Å². The van der Waals surface area contributed by atoms with E-state index in [4.69, 9.17) is 4.74 Å². The monoisotopic (exact) mass is 375 g/mol. The number of nitrogens with zero attached hydrogens (tertiary/aromatic N) is 1. The molecule has 1 aliphatic rings. The SMILES string of the molecule is CCC(C)[C@H]1COCCS(=O)(=O)N1Cc1ccc(Br)cc1. The molecule has 21 heavy (non-hydrogen) atoms. The van der Waals surface area contributed by atoms with E-state index in [1.807, 2.05) is 24.3 Å². The Kier molecular flexibility index (Phi) is 5.82. The topological polar surface area (TPSA) is 46.6 Å². The van der Waals surface area contributed by atoms with Crippen molar-refractivity contribution in [3.8, 4) is 0 Å². The second-order valence-corrected chi connectivity index (χ2v) is 8.47. The van der Waals surface area contributed by atoms with E-state index in [2.05, 4.69) is 29.8 Å². The summed E-state index contributed by atoms with van der Waals surface area (Å²) < 4.78 is 33.2. The van der Waals surface area contributed by atoms with E-state index in [0.717, 1.165) is 16.5 Å². The van der Waals surface area contributed by atoms with Gasteiger partial charge in [-0.3, -0.25) is 0 Å². The molecule has 6 heteroatoms. The van der Waals surface area contributed by atoms with E-state index >= 15 is 0 Å². The summed E-state index contributed by atoms with van der Waals surface area (Å²) >= 11 is 3.40. The fourth-order valence-corrected chi connectivity index (χ4v) is 4.33. The summed E-state index contributed by atoms with van der Waals surface area (Å²) in [5.41, 5.74) is 0.997. The molecule has 2 rings (SSSR count). The highest BCUT2D eigenvalue weighted by Gasteiger charge is 2.35. The van der Waals surface area contributed by atoms with Gasteiger partial charge in [0.2, 0.25) is 10.0 Å². The van der Waals surface area contributed by atoms with Crippen LogP contribution in [0, 0.1) is 5.92 Å². The van der Waals surface area contributed by atoms with Crippen LogP contribution in [0.1, 0.15) is 25.8 Å². The molecule has 1 unspecified atom stereocenters. The van der Waals surface area contributed by atoms with Crippen molar-refractivity contribution in [2.45, 2.75) is 32.9 Å². The normalized spacial score (nSPS) is 24.4. The number of halogens is 1. The van der Waals surface area contributed by atoms with Gasteiger partial charge in [-0.15, -0.1) is 0 Å². The molecule has 1 aliphatic heterocycles. The van der Waals surface area contributed by atoms with Gasteiger partial charge in [0, 0.05) is 11.0 Å². The molecule has 0 N–H and O–H groups in total. The molecule has 4 nitrogen and oxygen atoms in total. The van der Waals surface area contributed by atoms with Crippen LogP contribution in [0.25, 0.3) is 0 Å². The molecule has 1 heterocycles. The summed E-state index contributed by atoms with van der Waals surface area (Å²) in [4.78, 5) is 0. The van der Waals surface area contributed by atoms with Gasteiger partial charge in [-0.25, -0.2) is 8.42 Å². The van der Waals surface area contributed by atoms with Gasteiger partial charge in [0.05, 0.1) is 25.0 Å². The summed E-state index contributed by atoms with van der Waals surface area (Å²) in [6, 6.07) is 7.70. The quantitative estimate of drug-likeness (QED) is 0.812. The summed E-state index contributed by atoms with van der Waals surface area (Å²) in [6.07, 6.45) is 0.931. The second kappa shape index (κ2) is 7.22. The standard InChI is InChI=1S/C15H22BrNO3S/c1-3-12(2)15-11-20-8-9-21(18,19)17(15)10-13-4-6-14(16)7-5-13/h4-7,12,15H,3,8-11H2,1-2H3/t12?,15-/m1/s1. The van der Waals surface area contributed by atoms with Crippen LogP contribution in [-0.2, 0) is 21.3 Å². The maximum atomic E-state index is 12.5. The largest absolute Gasteiger partial charge is 0.379 e.